The standard InChI is InChI=1S/C37H64N2O50S8/c1-68-16-11(8-75-92(50,51)52)79-34(15(19(16)69-2)39-91(47,48)49)83-23-21(71-4)28(73-6)35(85-26(23)31(40)41)82-18-13(10-77-94(56,57)58)80-36(30(89-97(65,66)67)25(18)87-95(59,60)61)84-24-22(72-5)29(88-96(62,63)64)37(86-27(24)32(42)43)81-17-12(9-76-93(53,54)55)78-33(74-7)14(20(17)70-3)38-90(44,45)46/h11-30,33-39H,8-10H2,1-7H3,(H,40,41)(H,42,43)(H,44,45,46)(H,47,48,49)(H,50,51,52)(H,53,54,55)(H,56,57,58)(H,59,60,61)(H,62,63,64)(H,65,66,67)/t11-,12-,13-,14-,15+,16+,17+,18+,19+,20-,21-,22-,23-,24-,25-,26+,27-,28+,29+,30+,33-,34+,35+,36-,37+/m0/s1. The van der Waals surface area contributed by atoms with Crippen molar-refractivity contribution in [3.63, 3.8) is 0 Å². The molecule has 5 fully saturated rings. The quantitative estimate of drug-likeness (QED) is 0.0259. The van der Waals surface area contributed by atoms with E-state index in [0.29, 0.717) is 7.11 Å². The second-order valence-corrected chi connectivity index (χ2v) is 28.6. The molecule has 0 saturated carbocycles. The summed E-state index contributed by atoms with van der Waals surface area (Å²) in [6.07, 6.45) is -58.2. The van der Waals surface area contributed by atoms with Crippen LogP contribution in [0.4, 0.5) is 0 Å². The van der Waals surface area contributed by atoms with Gasteiger partial charge in [0.25, 0.3) is 0 Å². The van der Waals surface area contributed by atoms with Crippen LogP contribution in [0.3, 0.4) is 0 Å². The van der Waals surface area contributed by atoms with E-state index in [2.05, 4.69) is 16.7 Å². The van der Waals surface area contributed by atoms with Crippen LogP contribution in [-0.4, -0.2) is 349 Å². The van der Waals surface area contributed by atoms with Crippen LogP contribution in [-0.2, 0) is 193 Å². The summed E-state index contributed by atoms with van der Waals surface area (Å²) in [6, 6.07) is -4.18. The molecule has 5 aliphatic heterocycles. The average molecular weight is 1590 g/mol. The van der Waals surface area contributed by atoms with E-state index in [0.717, 1.165) is 42.7 Å². The van der Waals surface area contributed by atoms with E-state index in [1.165, 1.54) is 0 Å². The lowest BCUT2D eigenvalue weighted by molar-refractivity contribution is -0.383. The first-order valence-electron chi connectivity index (χ1n) is 25.8. The van der Waals surface area contributed by atoms with Gasteiger partial charge in [0.2, 0.25) is 0 Å². The zero-order chi connectivity index (χ0) is 73.7. The molecule has 25 atom stereocenters. The molecule has 570 valence electrons. The maximum absolute atomic E-state index is 13.4. The van der Waals surface area contributed by atoms with Crippen LogP contribution in [0.1, 0.15) is 0 Å². The Morgan fingerprint density at radius 2 is 0.588 bits per heavy atom. The van der Waals surface area contributed by atoms with E-state index in [1.54, 1.807) is 9.44 Å². The van der Waals surface area contributed by atoms with Crippen molar-refractivity contribution in [2.24, 2.45) is 0 Å². The van der Waals surface area contributed by atoms with Gasteiger partial charge in [-0.2, -0.15) is 76.8 Å². The van der Waals surface area contributed by atoms with Crippen LogP contribution in [0, 0.1) is 0 Å². The maximum Gasteiger partial charge on any atom is 0.397 e. The molecule has 97 heavy (non-hydrogen) atoms. The molecule has 0 aromatic carbocycles. The summed E-state index contributed by atoms with van der Waals surface area (Å²) in [5, 5.41) is 21.4. The SMILES string of the molecule is CO[C@H]1O[C@@H](COS(=O)(=O)O)[C@@H](O[C@@H]2O[C@H](C(=O)O)[C@@H](O[C@@H]3O[C@@H](COS(=O)(=O)O)[C@@H](O[C@@H]4O[C@@H](C(=O)O)[C@@H](O[C@H]5O[C@@H](COS(=O)(=O)O)[C@@H](OC)[C@H](OC)[C@H]5NS(=O)(=O)O)[C@H](OC)[C@H]4OC)[C@H](OS(=O)(=O)O)[C@H]3OS(=O)(=O)O)[C@H](OC)[C@H]2OS(=O)(=O)O)[C@@H](OC)[C@@H]1NS(=O)(=O)O. The number of carboxylic acid groups (broad SMARTS) is 2. The summed E-state index contributed by atoms with van der Waals surface area (Å²) in [6.45, 7) is -4.52. The number of ether oxygens (including phenoxy) is 16. The molecular weight excluding hydrogens is 1530 g/mol. The zero-order valence-electron chi connectivity index (χ0n) is 49.6. The van der Waals surface area contributed by atoms with Crippen LogP contribution >= 0.6 is 0 Å². The highest BCUT2D eigenvalue weighted by Crippen LogP contribution is 2.41. The fourth-order valence-corrected chi connectivity index (χ4v) is 14.0. The third kappa shape index (κ3) is 24.4. The minimum atomic E-state index is -6.31. The summed E-state index contributed by atoms with van der Waals surface area (Å²) < 4.78 is 395. The molecule has 52 nitrogen and oxygen atoms in total. The molecule has 5 aliphatic rings. The molecule has 0 aromatic heterocycles. The average Bonchev–Trinajstić information content (AvgIpc) is 0.761. The van der Waals surface area contributed by atoms with Gasteiger partial charge in [-0.15, -0.1) is 0 Å². The van der Waals surface area contributed by atoms with Gasteiger partial charge in [-0.05, 0) is 0 Å². The molecule has 0 aliphatic carbocycles. The Morgan fingerprint density at radius 1 is 0.309 bits per heavy atom. The Kier molecular flexibility index (Phi) is 29.6. The van der Waals surface area contributed by atoms with E-state index in [1.807, 2.05) is 0 Å². The fraction of sp³-hybridized carbons (Fsp3) is 0.946. The monoisotopic (exact) mass is 1590 g/mol. The molecule has 0 radical (unpaired) electrons. The van der Waals surface area contributed by atoms with Crippen LogP contribution in [0.25, 0.3) is 0 Å². The first-order chi connectivity index (χ1) is 44.4. The number of hydrogen-bond acceptors (Lipinski definition) is 40. The highest BCUT2D eigenvalue weighted by molar-refractivity contribution is 7.84. The van der Waals surface area contributed by atoms with Crippen molar-refractivity contribution >= 4 is 94.9 Å². The molecule has 60 heteroatoms. The van der Waals surface area contributed by atoms with Crippen LogP contribution in [0.5, 0.6) is 0 Å². The van der Waals surface area contributed by atoms with Gasteiger partial charge in [-0.25, -0.2) is 34.7 Å². The smallest absolute Gasteiger partial charge is 0.397 e. The largest absolute Gasteiger partial charge is 0.479 e. The maximum atomic E-state index is 13.4. The third-order valence-electron chi connectivity index (χ3n) is 13.8. The number of rotatable bonds is 36. The van der Waals surface area contributed by atoms with Gasteiger partial charge < -0.3 is 86.0 Å². The van der Waals surface area contributed by atoms with Crippen LogP contribution in [0.15, 0.2) is 0 Å². The van der Waals surface area contributed by atoms with Crippen LogP contribution < -0.4 is 9.44 Å². The van der Waals surface area contributed by atoms with Gasteiger partial charge in [-0.1, -0.05) is 0 Å². The van der Waals surface area contributed by atoms with Gasteiger partial charge in [-0.3, -0.25) is 36.4 Å². The number of carbonyl (C=O) groups is 2. The topological polar surface area (TPSA) is 737 Å². The molecule has 5 saturated heterocycles. The van der Waals surface area contributed by atoms with Gasteiger partial charge in [0.15, 0.2) is 55.9 Å². The lowest BCUT2D eigenvalue weighted by Gasteiger charge is -2.51. The lowest BCUT2D eigenvalue weighted by Crippen LogP contribution is -2.70. The molecule has 12 N–H and O–H groups in total. The molecule has 0 spiro atoms. The molecule has 0 aromatic rings. The molecule has 0 amide bonds. The Balaban J connectivity index is 1.67. The number of aliphatic carboxylic acids is 2. The molecule has 5 heterocycles. The van der Waals surface area contributed by atoms with Crippen molar-refractivity contribution < 1.29 is 224 Å². The normalized spacial score (nSPS) is 37.0. The van der Waals surface area contributed by atoms with E-state index in [9.17, 15) is 124 Å². The van der Waals surface area contributed by atoms with Crippen LogP contribution in [0.2, 0.25) is 0 Å². The minimum Gasteiger partial charge on any atom is -0.479 e. The van der Waals surface area contributed by atoms with Crippen molar-refractivity contribution in [1.82, 2.24) is 9.44 Å². The summed E-state index contributed by atoms with van der Waals surface area (Å²) in [7, 11) is -40.6. The van der Waals surface area contributed by atoms with E-state index < -0.39 is 268 Å². The second-order valence-electron chi connectivity index (χ2n) is 19.8. The Morgan fingerprint density at radius 3 is 0.938 bits per heavy atom. The van der Waals surface area contributed by atoms with Gasteiger partial charge >= 0.3 is 94.9 Å². The van der Waals surface area contributed by atoms with Gasteiger partial charge in [0.1, 0.15) is 97.5 Å². The van der Waals surface area contributed by atoms with Gasteiger partial charge in [0.05, 0.1) is 19.8 Å². The third-order valence-corrected chi connectivity index (χ3v) is 17.6. The Hall–Kier alpha value is -2.74. The molecule has 0 unspecified atom stereocenters. The summed E-state index contributed by atoms with van der Waals surface area (Å²) in [5.41, 5.74) is 0. The molecule has 0 bridgehead atoms. The summed E-state index contributed by atoms with van der Waals surface area (Å²) in [5.74, 6) is -4.54. The first-order valence-corrected chi connectivity index (χ1v) is 36.8. The first kappa shape index (κ1) is 84.9. The molecule has 5 rings (SSSR count). The van der Waals surface area contributed by atoms with E-state index in [-0.39, 0.29) is 0 Å². The van der Waals surface area contributed by atoms with Gasteiger partial charge in [0, 0.05) is 49.8 Å². The van der Waals surface area contributed by atoms with Crippen molar-refractivity contribution in [3.8, 4) is 0 Å². The Labute approximate surface area is 549 Å². The minimum absolute atomic E-state index is 0.542. The summed E-state index contributed by atoms with van der Waals surface area (Å²) >= 11 is 0. The van der Waals surface area contributed by atoms with E-state index >= 15 is 0 Å². The van der Waals surface area contributed by atoms with Crippen molar-refractivity contribution in [1.29, 1.82) is 0 Å². The van der Waals surface area contributed by atoms with Crippen molar-refractivity contribution in [2.45, 2.75) is 153 Å². The number of methoxy groups -OCH3 is 7. The highest BCUT2D eigenvalue weighted by Gasteiger charge is 2.63. The Bertz CT molecular complexity index is 3610. The van der Waals surface area contributed by atoms with E-state index in [4.69, 9.17) is 84.2 Å². The molecular formula is C37H64N2O50S8. The van der Waals surface area contributed by atoms with Crippen molar-refractivity contribution in [3.05, 3.63) is 0 Å². The van der Waals surface area contributed by atoms with Crippen molar-refractivity contribution in [2.75, 3.05) is 69.6 Å². The number of carboxylic acids is 2. The highest BCUT2D eigenvalue weighted by atomic mass is 32.3. The number of hydrogen-bond donors (Lipinski definition) is 12. The summed E-state index contributed by atoms with van der Waals surface area (Å²) in [4.78, 5) is 26.6. The second kappa shape index (κ2) is 33.8. The predicted octanol–water partition coefficient (Wildman–Crippen LogP) is -9.40. The fourth-order valence-electron chi connectivity index (χ4n) is 10.4. The number of nitrogens with one attached hydrogen (secondary N) is 2. The lowest BCUT2D eigenvalue weighted by atomic mass is 9.94. The predicted molar refractivity (Wildman–Crippen MR) is 289 cm³/mol. The zero-order valence-corrected chi connectivity index (χ0v) is 56.2.